The fraction of sp³-hybridized carbons (Fsp3) is 0.133. The Labute approximate surface area is 166 Å². The summed E-state index contributed by atoms with van der Waals surface area (Å²) in [5.74, 6) is -0.828. The quantitative estimate of drug-likeness (QED) is 0.212. The molecule has 0 spiro atoms. The van der Waals surface area contributed by atoms with Crippen LogP contribution in [0, 0.1) is 15.9 Å². The highest BCUT2D eigenvalue weighted by atomic mass is 79.9. The third-order valence-corrected chi connectivity index (χ3v) is 5.42. The molecule has 0 aromatic heterocycles. The Bertz CT molecular complexity index is 830. The summed E-state index contributed by atoms with van der Waals surface area (Å²) in [5, 5.41) is 10.6. The topological polar surface area (TPSA) is 95.5 Å². The monoisotopic (exact) mass is 486 g/mol. The number of alkyl halides is 2. The van der Waals surface area contributed by atoms with Gasteiger partial charge in [-0.3, -0.25) is 10.1 Å². The van der Waals surface area contributed by atoms with Crippen LogP contribution in [0.1, 0.15) is 0 Å². The van der Waals surface area contributed by atoms with Gasteiger partial charge in [0.05, 0.1) is 9.95 Å². The van der Waals surface area contributed by atoms with E-state index in [9.17, 15) is 28.1 Å². The Hall–Kier alpha value is -1.90. The number of carbonyl (C=O) groups is 1. The number of halogens is 5. The molecule has 0 radical (unpaired) electrons. The molecule has 1 unspecified atom stereocenters. The Morgan fingerprint density at radius 1 is 1.37 bits per heavy atom. The third kappa shape index (κ3) is 6.97. The number of nitro groups is 1. The number of carbonyl (C=O) groups excluding carboxylic acids is 1. The van der Waals surface area contributed by atoms with Gasteiger partial charge in [-0.2, -0.15) is 8.78 Å². The number of anilines is 1. The van der Waals surface area contributed by atoms with Gasteiger partial charge in [0.1, 0.15) is 17.7 Å². The second kappa shape index (κ2) is 11.1. The highest BCUT2D eigenvalue weighted by Gasteiger charge is 2.17. The van der Waals surface area contributed by atoms with Crippen LogP contribution in [0.5, 0.6) is 5.75 Å². The molecule has 0 aliphatic carbocycles. The molecule has 0 amide bonds. The van der Waals surface area contributed by atoms with E-state index in [1.807, 2.05) is 0 Å². The molecule has 12 heteroatoms. The fourth-order valence-corrected chi connectivity index (χ4v) is 3.52. The van der Waals surface area contributed by atoms with Crippen LogP contribution in [0.2, 0.25) is 5.02 Å². The number of rotatable bonds is 6. The van der Waals surface area contributed by atoms with Crippen LogP contribution in [0.15, 0.2) is 34.8 Å². The SMILES string of the molecule is Nc1c([N+](=O)[O-])ccc(Cl)c1F.O=CCPc1c(Br)cccc1OC(F)F. The van der Waals surface area contributed by atoms with Crippen LogP contribution < -0.4 is 15.8 Å². The summed E-state index contributed by atoms with van der Waals surface area (Å²) in [4.78, 5) is 19.7. The number of aldehydes is 1. The lowest BCUT2D eigenvalue weighted by Crippen LogP contribution is -2.10. The summed E-state index contributed by atoms with van der Waals surface area (Å²) in [6, 6.07) is 6.94. The molecule has 146 valence electrons. The molecular weight excluding hydrogens is 476 g/mol. The van der Waals surface area contributed by atoms with E-state index in [0.717, 1.165) is 18.4 Å². The van der Waals surface area contributed by atoms with Crippen molar-refractivity contribution in [2.75, 3.05) is 11.9 Å². The van der Waals surface area contributed by atoms with Crippen molar-refractivity contribution in [3.8, 4) is 5.75 Å². The molecule has 0 heterocycles. The minimum absolute atomic E-state index is 0.125. The zero-order chi connectivity index (χ0) is 20.6. The molecule has 2 N–H and O–H groups in total. The van der Waals surface area contributed by atoms with Gasteiger partial charge in [0.15, 0.2) is 5.82 Å². The highest BCUT2D eigenvalue weighted by molar-refractivity contribution is 9.10. The van der Waals surface area contributed by atoms with Crippen molar-refractivity contribution in [3.63, 3.8) is 0 Å². The number of nitrogens with zero attached hydrogens (tertiary/aromatic N) is 1. The van der Waals surface area contributed by atoms with E-state index in [2.05, 4.69) is 20.7 Å². The molecule has 0 aliphatic rings. The zero-order valence-electron chi connectivity index (χ0n) is 13.3. The predicted octanol–water partition coefficient (Wildman–Crippen LogP) is 4.52. The summed E-state index contributed by atoms with van der Waals surface area (Å²) < 4.78 is 41.9. The van der Waals surface area contributed by atoms with E-state index < -0.39 is 28.7 Å². The van der Waals surface area contributed by atoms with Gasteiger partial charge in [0.2, 0.25) is 0 Å². The molecule has 2 aromatic carbocycles. The first-order valence-corrected chi connectivity index (χ1v) is 9.35. The van der Waals surface area contributed by atoms with Crippen LogP contribution >= 0.6 is 36.1 Å². The normalized spacial score (nSPS) is 10.6. The maximum atomic E-state index is 12.8. The third-order valence-electron chi connectivity index (χ3n) is 2.86. The number of nitrogen functional groups attached to an aromatic ring is 1. The van der Waals surface area contributed by atoms with E-state index in [1.165, 1.54) is 6.07 Å². The molecule has 27 heavy (non-hydrogen) atoms. The van der Waals surface area contributed by atoms with Gasteiger partial charge in [-0.25, -0.2) is 4.39 Å². The lowest BCUT2D eigenvalue weighted by atomic mass is 10.2. The minimum atomic E-state index is -2.85. The average Bonchev–Trinajstić information content (AvgIpc) is 2.59. The zero-order valence-corrected chi connectivity index (χ0v) is 16.6. The standard InChI is InChI=1S/C9H8BrF2O2P.C6H4ClFN2O2/c10-6-2-1-3-7(14-9(11)12)8(6)15-5-4-13;7-3-1-2-4(10(11)12)6(9)5(3)8/h1-4,9,15H,5H2;1-2H,9H2. The lowest BCUT2D eigenvalue weighted by molar-refractivity contribution is -0.384. The van der Waals surface area contributed by atoms with Crippen molar-refractivity contribution in [2.24, 2.45) is 0 Å². The minimum Gasteiger partial charge on any atom is -0.434 e. The van der Waals surface area contributed by atoms with Gasteiger partial charge in [0.25, 0.3) is 5.69 Å². The van der Waals surface area contributed by atoms with Crippen molar-refractivity contribution >= 4 is 59.1 Å². The van der Waals surface area contributed by atoms with Crippen molar-refractivity contribution in [2.45, 2.75) is 6.61 Å². The van der Waals surface area contributed by atoms with Crippen LogP contribution in [0.25, 0.3) is 0 Å². The van der Waals surface area contributed by atoms with Crippen LogP contribution in [0.4, 0.5) is 24.5 Å². The lowest BCUT2D eigenvalue weighted by Gasteiger charge is -2.11. The van der Waals surface area contributed by atoms with Crippen molar-refractivity contribution in [3.05, 3.63) is 55.8 Å². The second-order valence-corrected chi connectivity index (χ2v) is 7.11. The van der Waals surface area contributed by atoms with Crippen LogP contribution in [0.3, 0.4) is 0 Å². The van der Waals surface area contributed by atoms with E-state index in [0.29, 0.717) is 15.9 Å². The predicted molar refractivity (Wildman–Crippen MR) is 102 cm³/mol. The highest BCUT2D eigenvalue weighted by Crippen LogP contribution is 2.29. The smallest absolute Gasteiger partial charge is 0.387 e. The summed E-state index contributed by atoms with van der Waals surface area (Å²) in [6.07, 6.45) is 1.06. The molecule has 0 saturated carbocycles. The average molecular weight is 488 g/mol. The molecule has 2 aromatic rings. The Balaban J connectivity index is 0.000000277. The molecule has 6 nitrogen and oxygen atoms in total. The number of nitro benzene ring substituents is 1. The van der Waals surface area contributed by atoms with Crippen molar-refractivity contribution < 1.29 is 27.6 Å². The second-order valence-electron chi connectivity index (χ2n) is 4.59. The molecule has 1 atom stereocenters. The van der Waals surface area contributed by atoms with Gasteiger partial charge >= 0.3 is 6.61 Å². The molecular formula is C15H12BrClF3N2O4P. The Morgan fingerprint density at radius 2 is 2.04 bits per heavy atom. The summed E-state index contributed by atoms with van der Waals surface area (Å²) in [7, 11) is 0.128. The molecule has 0 aliphatic heterocycles. The van der Waals surface area contributed by atoms with E-state index in [4.69, 9.17) is 17.3 Å². The number of benzene rings is 2. The van der Waals surface area contributed by atoms with E-state index in [-0.39, 0.29) is 19.4 Å². The van der Waals surface area contributed by atoms with Crippen molar-refractivity contribution in [1.29, 1.82) is 0 Å². The maximum Gasteiger partial charge on any atom is 0.387 e. The first-order chi connectivity index (χ1) is 12.7. The van der Waals surface area contributed by atoms with Crippen LogP contribution in [-0.2, 0) is 4.79 Å². The summed E-state index contributed by atoms with van der Waals surface area (Å²) >= 11 is 8.55. The molecule has 0 saturated heterocycles. The fourth-order valence-electron chi connectivity index (χ4n) is 1.73. The molecule has 2 rings (SSSR count). The van der Waals surface area contributed by atoms with Gasteiger partial charge < -0.3 is 15.3 Å². The van der Waals surface area contributed by atoms with Gasteiger partial charge in [-0.15, -0.1) is 0 Å². The summed E-state index contributed by atoms with van der Waals surface area (Å²) in [5.41, 5.74) is 4.07. The van der Waals surface area contributed by atoms with E-state index >= 15 is 0 Å². The first kappa shape index (κ1) is 23.1. The van der Waals surface area contributed by atoms with Crippen LogP contribution in [-0.4, -0.2) is 24.0 Å². The van der Waals surface area contributed by atoms with Gasteiger partial charge in [-0.1, -0.05) is 42.2 Å². The Morgan fingerprint density at radius 3 is 2.59 bits per heavy atom. The summed E-state index contributed by atoms with van der Waals surface area (Å²) in [6.45, 7) is -2.85. The number of hydrogen-bond donors (Lipinski definition) is 1. The molecule has 0 bridgehead atoms. The first-order valence-electron chi connectivity index (χ1n) is 6.97. The number of hydrogen-bond acceptors (Lipinski definition) is 5. The van der Waals surface area contributed by atoms with Gasteiger partial charge in [0, 0.05) is 22.0 Å². The van der Waals surface area contributed by atoms with Gasteiger partial charge in [-0.05, 0) is 18.2 Å². The maximum absolute atomic E-state index is 12.8. The largest absolute Gasteiger partial charge is 0.434 e. The number of ether oxygens (including phenoxy) is 1. The Kier molecular flexibility index (Phi) is 9.48. The van der Waals surface area contributed by atoms with E-state index in [1.54, 1.807) is 12.1 Å². The molecule has 0 fully saturated rings. The van der Waals surface area contributed by atoms with Crippen molar-refractivity contribution in [1.82, 2.24) is 0 Å². The number of nitrogens with two attached hydrogens (primary N) is 1.